The first-order valence-corrected chi connectivity index (χ1v) is 12.7. The van der Waals surface area contributed by atoms with Gasteiger partial charge in [-0.05, 0) is 81.7 Å². The van der Waals surface area contributed by atoms with Crippen LogP contribution in [0.2, 0.25) is 0 Å². The van der Waals surface area contributed by atoms with Gasteiger partial charge in [-0.25, -0.2) is 0 Å². The lowest BCUT2D eigenvalue weighted by Crippen LogP contribution is -2.78. The highest BCUT2D eigenvalue weighted by Crippen LogP contribution is 2.65. The number of amides is 1. The summed E-state index contributed by atoms with van der Waals surface area (Å²) in [5.74, 6) is 1.49. The monoisotopic (exact) mass is 500 g/mol. The van der Waals surface area contributed by atoms with Gasteiger partial charge in [-0.15, -0.1) is 12.4 Å². The van der Waals surface area contributed by atoms with Crippen LogP contribution >= 0.6 is 12.4 Å². The molecule has 35 heavy (non-hydrogen) atoms. The fraction of sp³-hybridized carbons (Fsp3) is 0.593. The third kappa shape index (κ3) is 3.07. The highest BCUT2D eigenvalue weighted by atomic mass is 35.5. The molecule has 5 aliphatic rings. The van der Waals surface area contributed by atoms with Crippen molar-refractivity contribution in [2.24, 2.45) is 5.92 Å². The number of aromatic hydroxyl groups is 1. The number of piperidine rings is 1. The summed E-state index contributed by atoms with van der Waals surface area (Å²) >= 11 is 0. The van der Waals surface area contributed by atoms with Gasteiger partial charge in [0.2, 0.25) is 5.91 Å². The molecule has 2 aliphatic heterocycles. The number of likely N-dealkylation sites (tertiary alicyclic amines) is 1. The second-order valence-corrected chi connectivity index (χ2v) is 11.2. The van der Waals surface area contributed by atoms with Gasteiger partial charge in [-0.2, -0.15) is 0 Å². The number of halogens is 1. The molecule has 3 aliphatic carbocycles. The number of hydrogen-bond donors (Lipinski definition) is 3. The SMILES string of the molecule is CC(C(=O)N[C@@H]1CC[C@@]2(O)[C@H]3Cc4ccc(O)c5c4[C@@]2(CCN3CC2CC2)[C@H]1O5)c1ccco1.Cl. The highest BCUT2D eigenvalue weighted by Gasteiger charge is 2.73. The number of nitrogens with zero attached hydrogens (tertiary/aromatic N) is 1. The second kappa shape index (κ2) is 7.89. The molecule has 2 aromatic rings. The second-order valence-electron chi connectivity index (χ2n) is 11.2. The first-order valence-electron chi connectivity index (χ1n) is 12.7. The van der Waals surface area contributed by atoms with Gasteiger partial charge in [0.05, 0.1) is 29.2 Å². The van der Waals surface area contributed by atoms with E-state index < -0.39 is 23.0 Å². The normalized spacial score (nSPS) is 35.4. The topological polar surface area (TPSA) is 95.2 Å². The molecule has 0 radical (unpaired) electrons. The molecule has 1 unspecified atom stereocenters. The van der Waals surface area contributed by atoms with E-state index in [1.165, 1.54) is 18.4 Å². The Bertz CT molecular complexity index is 1150. The van der Waals surface area contributed by atoms with Crippen molar-refractivity contribution in [3.63, 3.8) is 0 Å². The lowest BCUT2D eigenvalue weighted by Gasteiger charge is -2.64. The Morgan fingerprint density at radius 2 is 2.09 bits per heavy atom. The summed E-state index contributed by atoms with van der Waals surface area (Å²) < 4.78 is 12.0. The maximum atomic E-state index is 13.2. The van der Waals surface area contributed by atoms with Crippen LogP contribution in [-0.4, -0.2) is 57.9 Å². The molecule has 1 aromatic heterocycles. The van der Waals surface area contributed by atoms with Gasteiger partial charge in [0.1, 0.15) is 11.9 Å². The van der Waals surface area contributed by atoms with Crippen LogP contribution in [0.5, 0.6) is 11.5 Å². The van der Waals surface area contributed by atoms with Crippen LogP contribution in [0.15, 0.2) is 34.9 Å². The van der Waals surface area contributed by atoms with Gasteiger partial charge < -0.3 is 24.7 Å². The van der Waals surface area contributed by atoms with E-state index in [0.717, 1.165) is 37.4 Å². The van der Waals surface area contributed by atoms with Crippen molar-refractivity contribution in [2.45, 2.75) is 80.6 Å². The predicted octanol–water partition coefficient (Wildman–Crippen LogP) is 3.26. The first-order chi connectivity index (χ1) is 16.4. The number of benzene rings is 1. The van der Waals surface area contributed by atoms with Gasteiger partial charge in [-0.3, -0.25) is 9.69 Å². The largest absolute Gasteiger partial charge is 0.504 e. The number of carbonyl (C=O) groups is 1. The van der Waals surface area contributed by atoms with E-state index in [-0.39, 0.29) is 36.1 Å². The third-order valence-corrected chi connectivity index (χ3v) is 9.45. The van der Waals surface area contributed by atoms with E-state index in [0.29, 0.717) is 24.4 Å². The number of aliphatic hydroxyl groups is 1. The summed E-state index contributed by atoms with van der Waals surface area (Å²) in [7, 11) is 0. The Hall–Kier alpha value is -2.22. The first kappa shape index (κ1) is 23.2. The minimum absolute atomic E-state index is 0. The minimum Gasteiger partial charge on any atom is -0.504 e. The smallest absolute Gasteiger partial charge is 0.230 e. The molecule has 1 aromatic carbocycles. The average Bonchev–Trinajstić information content (AvgIpc) is 3.32. The highest BCUT2D eigenvalue weighted by molar-refractivity contribution is 5.85. The summed E-state index contributed by atoms with van der Waals surface area (Å²) in [4.78, 5) is 15.7. The van der Waals surface area contributed by atoms with Gasteiger partial charge >= 0.3 is 0 Å². The van der Waals surface area contributed by atoms with Crippen LogP contribution in [0.25, 0.3) is 0 Å². The van der Waals surface area contributed by atoms with E-state index in [9.17, 15) is 15.0 Å². The number of hydrogen-bond acceptors (Lipinski definition) is 6. The number of phenolic OH excluding ortho intramolecular Hbond substituents is 1. The molecule has 3 fully saturated rings. The standard InChI is InChI=1S/C27H32N2O5.ClH/c1-15(20-3-2-12-33-20)25(31)28-18-8-9-27(32)21-13-17-6-7-19(30)23-22(17)26(27,24(18)34-23)10-11-29(21)14-16-4-5-16;/h2-3,6-7,12,15-16,18,21,24,30,32H,4-5,8-11,13-14H2,1H3,(H,28,31);1H/t15?,18-,21-,24+,26+,27-;/m1./s1. The van der Waals surface area contributed by atoms with E-state index >= 15 is 0 Å². The van der Waals surface area contributed by atoms with Crippen molar-refractivity contribution >= 4 is 18.3 Å². The number of rotatable bonds is 5. The van der Waals surface area contributed by atoms with Crippen LogP contribution in [0.1, 0.15) is 61.8 Å². The Morgan fingerprint density at radius 3 is 2.83 bits per heavy atom. The Morgan fingerprint density at radius 1 is 1.26 bits per heavy atom. The molecule has 3 N–H and O–H groups in total. The van der Waals surface area contributed by atoms with Crippen LogP contribution < -0.4 is 10.1 Å². The van der Waals surface area contributed by atoms with Crippen molar-refractivity contribution in [3.8, 4) is 11.5 Å². The van der Waals surface area contributed by atoms with Crippen molar-refractivity contribution in [1.29, 1.82) is 0 Å². The Kier molecular flexibility index (Phi) is 5.23. The molecule has 7 rings (SSSR count). The predicted molar refractivity (Wildman–Crippen MR) is 131 cm³/mol. The van der Waals surface area contributed by atoms with Crippen LogP contribution in [0.3, 0.4) is 0 Å². The zero-order valence-corrected chi connectivity index (χ0v) is 20.7. The fourth-order valence-corrected chi connectivity index (χ4v) is 7.60. The summed E-state index contributed by atoms with van der Waals surface area (Å²) in [6.07, 6.45) is 6.52. The Labute approximate surface area is 211 Å². The van der Waals surface area contributed by atoms with Gasteiger partial charge in [0, 0.05) is 18.2 Å². The fourth-order valence-electron chi connectivity index (χ4n) is 7.60. The lowest BCUT2D eigenvalue weighted by molar-refractivity contribution is -0.192. The summed E-state index contributed by atoms with van der Waals surface area (Å²) in [5.41, 5.74) is 0.593. The molecule has 2 bridgehead atoms. The molecular formula is C27H33ClN2O5. The summed E-state index contributed by atoms with van der Waals surface area (Å²) in [6, 6.07) is 7.12. The molecule has 1 spiro atoms. The molecule has 188 valence electrons. The van der Waals surface area contributed by atoms with Crippen LogP contribution in [0, 0.1) is 5.92 Å². The van der Waals surface area contributed by atoms with Crippen LogP contribution in [0.4, 0.5) is 0 Å². The number of phenols is 1. The van der Waals surface area contributed by atoms with Gasteiger partial charge in [0.25, 0.3) is 0 Å². The van der Waals surface area contributed by atoms with Crippen molar-refractivity contribution in [2.75, 3.05) is 13.1 Å². The van der Waals surface area contributed by atoms with E-state index in [4.69, 9.17) is 9.15 Å². The summed E-state index contributed by atoms with van der Waals surface area (Å²) in [6.45, 7) is 3.80. The average molecular weight is 501 g/mol. The number of ether oxygens (including phenoxy) is 1. The molecule has 2 saturated carbocycles. The number of carbonyl (C=O) groups excluding carboxylic acids is 1. The zero-order chi connectivity index (χ0) is 23.2. The van der Waals surface area contributed by atoms with Crippen molar-refractivity contribution in [3.05, 3.63) is 47.4 Å². The lowest BCUT2D eigenvalue weighted by atomic mass is 9.48. The van der Waals surface area contributed by atoms with Crippen LogP contribution in [-0.2, 0) is 16.6 Å². The molecule has 1 saturated heterocycles. The molecule has 3 heterocycles. The van der Waals surface area contributed by atoms with E-state index in [1.54, 1.807) is 18.4 Å². The van der Waals surface area contributed by atoms with E-state index in [1.807, 2.05) is 19.1 Å². The summed E-state index contributed by atoms with van der Waals surface area (Å²) in [5, 5.41) is 26.5. The van der Waals surface area contributed by atoms with E-state index in [2.05, 4.69) is 10.2 Å². The van der Waals surface area contributed by atoms with Crippen molar-refractivity contribution in [1.82, 2.24) is 10.2 Å². The van der Waals surface area contributed by atoms with Crippen molar-refractivity contribution < 1.29 is 24.2 Å². The Balaban J connectivity index is 0.00000229. The van der Waals surface area contributed by atoms with Gasteiger partial charge in [0.15, 0.2) is 11.5 Å². The molecular weight excluding hydrogens is 468 g/mol. The number of nitrogens with one attached hydrogen (secondary N) is 1. The zero-order valence-electron chi connectivity index (χ0n) is 19.9. The maximum absolute atomic E-state index is 13.2. The minimum atomic E-state index is -0.940. The molecule has 8 heteroatoms. The maximum Gasteiger partial charge on any atom is 0.230 e. The molecule has 1 amide bonds. The number of furan rings is 1. The third-order valence-electron chi connectivity index (χ3n) is 9.45. The molecule has 6 atom stereocenters. The molecule has 7 nitrogen and oxygen atoms in total. The quantitative estimate of drug-likeness (QED) is 0.583. The van der Waals surface area contributed by atoms with Gasteiger partial charge in [-0.1, -0.05) is 6.07 Å².